The summed E-state index contributed by atoms with van der Waals surface area (Å²) in [5.41, 5.74) is 6.31. The van der Waals surface area contributed by atoms with Crippen LogP contribution < -0.4 is 19.3 Å². The lowest BCUT2D eigenvalue weighted by Gasteiger charge is -2.46. The van der Waals surface area contributed by atoms with Crippen LogP contribution in [-0.2, 0) is 23.0 Å². The van der Waals surface area contributed by atoms with Gasteiger partial charge in [0.1, 0.15) is 11.9 Å². The predicted octanol–water partition coefficient (Wildman–Crippen LogP) is 8.12. The van der Waals surface area contributed by atoms with Crippen LogP contribution in [0.2, 0.25) is 0 Å². The zero-order valence-electron chi connectivity index (χ0n) is 26.2. The van der Waals surface area contributed by atoms with Gasteiger partial charge >= 0.3 is 0 Å². The van der Waals surface area contributed by atoms with E-state index in [1.54, 1.807) is 29.2 Å². The van der Waals surface area contributed by atoms with E-state index in [4.69, 9.17) is 4.74 Å². The Balaban J connectivity index is 1.51. The first kappa shape index (κ1) is 30.9. The molecule has 6 rings (SSSR count). The molecule has 0 spiro atoms. The number of anilines is 3. The van der Waals surface area contributed by atoms with E-state index in [1.165, 1.54) is 11.6 Å². The maximum Gasteiger partial charge on any atom is 0.262 e. The lowest BCUT2D eigenvalue weighted by molar-refractivity contribution is 0.0968. The first-order chi connectivity index (χ1) is 22.3. The largest absolute Gasteiger partial charge is 0.494 e. The Bertz CT molecular complexity index is 1930. The van der Waals surface area contributed by atoms with Gasteiger partial charge in [-0.25, -0.2) is 8.42 Å². The molecule has 1 aliphatic heterocycles. The summed E-state index contributed by atoms with van der Waals surface area (Å²) in [6.07, 6.45) is 0.397. The molecule has 0 saturated carbocycles. The third-order valence-corrected chi connectivity index (χ3v) is 9.57. The molecule has 0 saturated heterocycles. The van der Waals surface area contributed by atoms with E-state index >= 15 is 0 Å². The van der Waals surface area contributed by atoms with Gasteiger partial charge in [-0.1, -0.05) is 79.2 Å². The lowest BCUT2D eigenvalue weighted by atomic mass is 9.98. The van der Waals surface area contributed by atoms with E-state index in [0.29, 0.717) is 41.5 Å². The van der Waals surface area contributed by atoms with Gasteiger partial charge in [-0.05, 0) is 91.6 Å². The normalized spacial score (nSPS) is 14.6. The average molecular weight is 632 g/mol. The Kier molecular flexibility index (Phi) is 8.81. The van der Waals surface area contributed by atoms with Crippen LogP contribution in [0.4, 0.5) is 17.1 Å². The number of rotatable bonds is 10. The molecule has 46 heavy (non-hydrogen) atoms. The van der Waals surface area contributed by atoms with Crippen molar-refractivity contribution >= 4 is 33.0 Å². The minimum atomic E-state index is -3.98. The van der Waals surface area contributed by atoms with Crippen LogP contribution in [0.25, 0.3) is 0 Å². The van der Waals surface area contributed by atoms with Crippen molar-refractivity contribution in [3.63, 3.8) is 0 Å². The molecule has 0 bridgehead atoms. The van der Waals surface area contributed by atoms with Crippen LogP contribution in [0.1, 0.15) is 52.6 Å². The van der Waals surface area contributed by atoms with Gasteiger partial charge in [0.05, 0.1) is 22.8 Å². The molecular formula is C38H37N3O4S. The maximum atomic E-state index is 14.7. The summed E-state index contributed by atoms with van der Waals surface area (Å²) in [7, 11) is -3.98. The fourth-order valence-corrected chi connectivity index (χ4v) is 6.87. The van der Waals surface area contributed by atoms with Crippen LogP contribution in [-0.4, -0.2) is 20.9 Å². The van der Waals surface area contributed by atoms with E-state index < -0.39 is 16.2 Å². The Morgan fingerprint density at radius 1 is 0.783 bits per heavy atom. The van der Waals surface area contributed by atoms with Crippen molar-refractivity contribution in [1.82, 2.24) is 0 Å². The molecule has 0 fully saturated rings. The Hall–Kier alpha value is -5.08. The number of hydrogen-bond acceptors (Lipinski definition) is 5. The fourth-order valence-electron chi connectivity index (χ4n) is 5.79. The molecule has 0 aliphatic carbocycles. The number of hydrogen-bond donors (Lipinski definition) is 1. The zero-order chi connectivity index (χ0) is 32.3. The maximum absolute atomic E-state index is 14.7. The van der Waals surface area contributed by atoms with Crippen LogP contribution in [0.3, 0.4) is 0 Å². The molecule has 5 aromatic rings. The first-order valence-electron chi connectivity index (χ1n) is 15.5. The smallest absolute Gasteiger partial charge is 0.262 e. The van der Waals surface area contributed by atoms with Crippen LogP contribution >= 0.6 is 0 Å². The third kappa shape index (κ3) is 6.34. The lowest BCUT2D eigenvalue weighted by Crippen LogP contribution is -2.49. The number of aryl methyl sites for hydroxylation is 2. The molecule has 1 aliphatic rings. The van der Waals surface area contributed by atoms with Gasteiger partial charge in [-0.3, -0.25) is 14.4 Å². The quantitative estimate of drug-likeness (QED) is 0.168. The highest BCUT2D eigenvalue weighted by Crippen LogP contribution is 2.43. The number of ether oxygens (including phenoxy) is 1. The van der Waals surface area contributed by atoms with Gasteiger partial charge in [-0.2, -0.15) is 0 Å². The summed E-state index contributed by atoms with van der Waals surface area (Å²) < 4.78 is 35.5. The third-order valence-electron chi connectivity index (χ3n) is 8.19. The highest BCUT2D eigenvalue weighted by Gasteiger charge is 2.40. The van der Waals surface area contributed by atoms with Crippen molar-refractivity contribution in [2.45, 2.75) is 44.8 Å². The van der Waals surface area contributed by atoms with Crippen molar-refractivity contribution in [1.29, 1.82) is 0 Å². The van der Waals surface area contributed by atoms with E-state index in [-0.39, 0.29) is 10.8 Å². The number of sulfonamides is 1. The number of benzene rings is 5. The van der Waals surface area contributed by atoms with Crippen LogP contribution in [0.5, 0.6) is 5.75 Å². The molecule has 1 N–H and O–H groups in total. The van der Waals surface area contributed by atoms with Gasteiger partial charge in [0.25, 0.3) is 15.9 Å². The van der Waals surface area contributed by atoms with Crippen molar-refractivity contribution in [3.8, 4) is 5.75 Å². The molecule has 8 heteroatoms. The number of amides is 1. The van der Waals surface area contributed by atoms with Crippen LogP contribution in [0.15, 0.2) is 126 Å². The first-order valence-corrected chi connectivity index (χ1v) is 16.9. The summed E-state index contributed by atoms with van der Waals surface area (Å²) in [6.45, 7) is 7.00. The average Bonchev–Trinajstić information content (AvgIpc) is 3.08. The van der Waals surface area contributed by atoms with Crippen molar-refractivity contribution in [2.24, 2.45) is 0 Å². The molecule has 234 valence electrons. The minimum Gasteiger partial charge on any atom is -0.494 e. The summed E-state index contributed by atoms with van der Waals surface area (Å²) in [5.74, 6) is 0.414. The van der Waals surface area contributed by atoms with Crippen molar-refractivity contribution in [3.05, 3.63) is 149 Å². The monoisotopic (exact) mass is 631 g/mol. The van der Waals surface area contributed by atoms with Gasteiger partial charge in [0.15, 0.2) is 0 Å². The van der Waals surface area contributed by atoms with Gasteiger partial charge in [-0.15, -0.1) is 0 Å². The van der Waals surface area contributed by atoms with Gasteiger partial charge in [0.2, 0.25) is 0 Å². The second kappa shape index (κ2) is 13.1. The summed E-state index contributed by atoms with van der Waals surface area (Å²) >= 11 is 0. The molecule has 0 radical (unpaired) electrons. The number of carbonyl (C=O) groups excluding carboxylic acids is 1. The van der Waals surface area contributed by atoms with Crippen molar-refractivity contribution < 1.29 is 17.9 Å². The van der Waals surface area contributed by atoms with E-state index in [1.807, 2.05) is 68.4 Å². The molecule has 0 unspecified atom stereocenters. The molecule has 5 aromatic carbocycles. The summed E-state index contributed by atoms with van der Waals surface area (Å²) in [6, 6.07) is 37.8. The van der Waals surface area contributed by atoms with E-state index in [2.05, 4.69) is 52.9 Å². The van der Waals surface area contributed by atoms with Gasteiger partial charge in [0, 0.05) is 17.9 Å². The second-order valence-electron chi connectivity index (χ2n) is 11.3. The van der Waals surface area contributed by atoms with Crippen LogP contribution in [0, 0.1) is 6.92 Å². The number of nitrogens with zero attached hydrogens (tertiary/aromatic N) is 2. The predicted molar refractivity (Wildman–Crippen MR) is 184 cm³/mol. The zero-order valence-corrected chi connectivity index (χ0v) is 27.0. The highest BCUT2D eigenvalue weighted by atomic mass is 32.2. The van der Waals surface area contributed by atoms with E-state index in [0.717, 1.165) is 23.1 Å². The number of nitrogens with one attached hydrogen (secondary N) is 1. The fraction of sp³-hybridized carbons (Fsp3) is 0.184. The second-order valence-corrected chi connectivity index (χ2v) is 13.0. The van der Waals surface area contributed by atoms with Gasteiger partial charge < -0.3 is 9.64 Å². The number of carbonyl (C=O) groups is 1. The Morgan fingerprint density at radius 2 is 1.48 bits per heavy atom. The standard InChI is InChI=1S/C38H37N3O4S/c1-4-28-13-15-30(16-14-28)37-40(26-29-9-7-6-8-10-29)36-24-23-34(46(43,44)39-31-17-11-27(3)12-18-31)25-35(36)38(42)41(37)32-19-21-33(22-20-32)45-5-2/h6-25,37,39H,4-5,26H2,1-3H3/t37-/m1/s1. The molecule has 1 heterocycles. The van der Waals surface area contributed by atoms with E-state index in [9.17, 15) is 13.2 Å². The number of fused-ring (bicyclic) bond motifs is 1. The summed E-state index contributed by atoms with van der Waals surface area (Å²) in [5, 5.41) is 0. The molecular weight excluding hydrogens is 595 g/mol. The molecule has 7 nitrogen and oxygen atoms in total. The molecule has 1 amide bonds. The van der Waals surface area contributed by atoms with Crippen molar-refractivity contribution in [2.75, 3.05) is 21.1 Å². The minimum absolute atomic E-state index is 0.0113. The topological polar surface area (TPSA) is 78.9 Å². The summed E-state index contributed by atoms with van der Waals surface area (Å²) in [4.78, 5) is 18.6. The Morgan fingerprint density at radius 3 is 2.13 bits per heavy atom. The highest BCUT2D eigenvalue weighted by molar-refractivity contribution is 7.92. The Labute approximate surface area is 271 Å². The molecule has 0 aromatic heterocycles. The molecule has 1 atom stereocenters. The SMILES string of the molecule is CCOc1ccc(N2C(=O)c3cc(S(=O)(=O)Nc4ccc(C)cc4)ccc3N(Cc3ccccc3)[C@H]2c2ccc(CC)cc2)cc1.